The molecule has 0 bridgehead atoms. The number of nitrogens with zero attached hydrogens (tertiary/aromatic N) is 4. The number of aromatic nitrogens is 1. The van der Waals surface area contributed by atoms with Crippen LogP contribution in [0.1, 0.15) is 42.0 Å². The molecule has 3 aliphatic rings. The van der Waals surface area contributed by atoms with Gasteiger partial charge in [-0.15, -0.1) is 0 Å². The van der Waals surface area contributed by atoms with Gasteiger partial charge in [-0.25, -0.2) is 4.98 Å². The Balaban J connectivity index is 1.11. The molecule has 31 heavy (non-hydrogen) atoms. The van der Waals surface area contributed by atoms with Gasteiger partial charge in [0, 0.05) is 38.9 Å². The van der Waals surface area contributed by atoms with E-state index in [0.29, 0.717) is 25.1 Å². The third kappa shape index (κ3) is 4.14. The summed E-state index contributed by atoms with van der Waals surface area (Å²) in [6.45, 7) is 3.77. The SMILES string of the molecule is N#Cc1ccc(N2CCN(C(=O)CC3CCC(C4NCc5ccccc54)O3)CC2)nc1. The number of hydrogen-bond donors (Lipinski definition) is 1. The fourth-order valence-corrected chi connectivity index (χ4v) is 4.94. The number of rotatable bonds is 4. The van der Waals surface area contributed by atoms with Crippen molar-refractivity contribution in [1.82, 2.24) is 15.2 Å². The zero-order chi connectivity index (χ0) is 21.2. The molecule has 0 radical (unpaired) electrons. The molecule has 1 amide bonds. The predicted molar refractivity (Wildman–Crippen MR) is 116 cm³/mol. The van der Waals surface area contributed by atoms with Crippen LogP contribution in [0.15, 0.2) is 42.6 Å². The van der Waals surface area contributed by atoms with Crippen LogP contribution in [0.2, 0.25) is 0 Å². The van der Waals surface area contributed by atoms with Gasteiger partial charge in [-0.2, -0.15) is 5.26 Å². The Morgan fingerprint density at radius 1 is 1.16 bits per heavy atom. The Kier molecular flexibility index (Phi) is 5.58. The molecule has 160 valence electrons. The van der Waals surface area contributed by atoms with Crippen LogP contribution in [0.3, 0.4) is 0 Å². The molecule has 3 aliphatic heterocycles. The van der Waals surface area contributed by atoms with Gasteiger partial charge in [0.1, 0.15) is 11.9 Å². The van der Waals surface area contributed by atoms with E-state index in [2.05, 4.69) is 45.5 Å². The normalized spacial score (nSPS) is 25.3. The van der Waals surface area contributed by atoms with Gasteiger partial charge in [-0.05, 0) is 36.1 Å². The van der Waals surface area contributed by atoms with Gasteiger partial charge < -0.3 is 19.9 Å². The van der Waals surface area contributed by atoms with Crippen molar-refractivity contribution >= 4 is 11.7 Å². The second-order valence-corrected chi connectivity index (χ2v) is 8.52. The molecule has 2 aromatic rings. The average Bonchev–Trinajstić information content (AvgIpc) is 3.46. The number of ether oxygens (including phenoxy) is 1. The maximum absolute atomic E-state index is 12.9. The Bertz CT molecular complexity index is 978. The summed E-state index contributed by atoms with van der Waals surface area (Å²) in [7, 11) is 0. The number of piperazine rings is 1. The fraction of sp³-hybridized carbons (Fsp3) is 0.458. The third-order valence-electron chi connectivity index (χ3n) is 6.65. The molecule has 3 unspecified atom stereocenters. The van der Waals surface area contributed by atoms with E-state index >= 15 is 0 Å². The summed E-state index contributed by atoms with van der Waals surface area (Å²) < 4.78 is 6.32. The first-order valence-electron chi connectivity index (χ1n) is 11.1. The zero-order valence-electron chi connectivity index (χ0n) is 17.5. The molecule has 0 saturated carbocycles. The first-order valence-corrected chi connectivity index (χ1v) is 11.1. The lowest BCUT2D eigenvalue weighted by molar-refractivity contribution is -0.134. The number of carbonyl (C=O) groups excluding carboxylic acids is 1. The smallest absolute Gasteiger partial charge is 0.225 e. The van der Waals surface area contributed by atoms with Crippen LogP contribution >= 0.6 is 0 Å². The van der Waals surface area contributed by atoms with Crippen molar-refractivity contribution in [3.8, 4) is 6.07 Å². The molecule has 4 heterocycles. The number of anilines is 1. The van der Waals surface area contributed by atoms with Crippen LogP contribution < -0.4 is 10.2 Å². The number of nitriles is 1. The number of pyridine rings is 1. The largest absolute Gasteiger partial charge is 0.372 e. The molecule has 1 N–H and O–H groups in total. The van der Waals surface area contributed by atoms with Crippen molar-refractivity contribution in [3.05, 3.63) is 59.3 Å². The van der Waals surface area contributed by atoms with E-state index in [0.717, 1.165) is 38.3 Å². The molecule has 2 fully saturated rings. The highest BCUT2D eigenvalue weighted by atomic mass is 16.5. The van der Waals surface area contributed by atoms with Crippen molar-refractivity contribution in [1.29, 1.82) is 5.26 Å². The van der Waals surface area contributed by atoms with E-state index in [1.165, 1.54) is 11.1 Å². The molecular weight excluding hydrogens is 390 g/mol. The Labute approximate surface area is 182 Å². The molecule has 3 atom stereocenters. The fourth-order valence-electron chi connectivity index (χ4n) is 4.94. The first-order chi connectivity index (χ1) is 15.2. The van der Waals surface area contributed by atoms with E-state index in [1.54, 1.807) is 12.3 Å². The van der Waals surface area contributed by atoms with E-state index in [9.17, 15) is 4.79 Å². The van der Waals surface area contributed by atoms with Gasteiger partial charge in [-0.3, -0.25) is 4.79 Å². The number of benzene rings is 1. The lowest BCUT2D eigenvalue weighted by Crippen LogP contribution is -2.49. The highest BCUT2D eigenvalue weighted by Crippen LogP contribution is 2.36. The highest BCUT2D eigenvalue weighted by Gasteiger charge is 2.37. The van der Waals surface area contributed by atoms with Gasteiger partial charge in [0.05, 0.1) is 30.2 Å². The second-order valence-electron chi connectivity index (χ2n) is 8.52. The maximum Gasteiger partial charge on any atom is 0.225 e. The van der Waals surface area contributed by atoms with Gasteiger partial charge in [-0.1, -0.05) is 24.3 Å². The van der Waals surface area contributed by atoms with E-state index in [1.807, 2.05) is 11.0 Å². The van der Waals surface area contributed by atoms with Gasteiger partial charge in [0.2, 0.25) is 5.91 Å². The van der Waals surface area contributed by atoms with Crippen LogP contribution in [-0.4, -0.2) is 54.2 Å². The quantitative estimate of drug-likeness (QED) is 0.823. The summed E-state index contributed by atoms with van der Waals surface area (Å²) in [4.78, 5) is 21.3. The second kappa shape index (κ2) is 8.66. The molecule has 0 spiro atoms. The first kappa shape index (κ1) is 20.0. The molecule has 7 nitrogen and oxygen atoms in total. The predicted octanol–water partition coefficient (Wildman–Crippen LogP) is 2.38. The minimum absolute atomic E-state index is 0.00489. The average molecular weight is 418 g/mol. The summed E-state index contributed by atoms with van der Waals surface area (Å²) in [5.41, 5.74) is 3.25. The number of amides is 1. The summed E-state index contributed by atoms with van der Waals surface area (Å²) >= 11 is 0. The number of nitrogens with one attached hydrogen (secondary N) is 1. The molecule has 7 heteroatoms. The van der Waals surface area contributed by atoms with Gasteiger partial charge >= 0.3 is 0 Å². The zero-order valence-corrected chi connectivity index (χ0v) is 17.5. The van der Waals surface area contributed by atoms with Crippen LogP contribution in [-0.2, 0) is 16.1 Å². The van der Waals surface area contributed by atoms with Crippen LogP contribution in [0, 0.1) is 11.3 Å². The minimum Gasteiger partial charge on any atom is -0.372 e. The third-order valence-corrected chi connectivity index (χ3v) is 6.65. The molecule has 1 aromatic carbocycles. The Morgan fingerprint density at radius 3 is 2.77 bits per heavy atom. The molecule has 1 aromatic heterocycles. The minimum atomic E-state index is 0.00489. The summed E-state index contributed by atoms with van der Waals surface area (Å²) in [5, 5.41) is 12.5. The lowest BCUT2D eigenvalue weighted by atomic mass is 9.99. The van der Waals surface area contributed by atoms with Crippen molar-refractivity contribution in [2.75, 3.05) is 31.1 Å². The molecule has 2 saturated heterocycles. The summed E-state index contributed by atoms with van der Waals surface area (Å²) in [6.07, 6.45) is 4.12. The van der Waals surface area contributed by atoms with Gasteiger partial charge in [0.25, 0.3) is 0 Å². The number of fused-ring (bicyclic) bond motifs is 1. The monoisotopic (exact) mass is 417 g/mol. The maximum atomic E-state index is 12.9. The lowest BCUT2D eigenvalue weighted by Gasteiger charge is -2.35. The van der Waals surface area contributed by atoms with E-state index < -0.39 is 0 Å². The van der Waals surface area contributed by atoms with E-state index in [-0.39, 0.29) is 24.2 Å². The standard InChI is InChI=1S/C24H27N5O2/c25-14-17-5-8-22(26-15-17)28-9-11-29(12-10-28)23(30)13-19-6-7-21(31-19)24-20-4-2-1-3-18(20)16-27-24/h1-5,8,15,19,21,24,27H,6-7,9-13,16H2. The summed E-state index contributed by atoms with van der Waals surface area (Å²) in [5.74, 6) is 1.04. The van der Waals surface area contributed by atoms with Crippen molar-refractivity contribution in [3.63, 3.8) is 0 Å². The summed E-state index contributed by atoms with van der Waals surface area (Å²) in [6, 6.07) is 14.5. The topological polar surface area (TPSA) is 81.5 Å². The van der Waals surface area contributed by atoms with E-state index in [4.69, 9.17) is 10.00 Å². The van der Waals surface area contributed by atoms with Crippen LogP contribution in [0.4, 0.5) is 5.82 Å². The number of carbonyl (C=O) groups is 1. The van der Waals surface area contributed by atoms with Crippen molar-refractivity contribution < 1.29 is 9.53 Å². The Hall–Kier alpha value is -2.95. The van der Waals surface area contributed by atoms with Crippen LogP contribution in [0.5, 0.6) is 0 Å². The molecular formula is C24H27N5O2. The van der Waals surface area contributed by atoms with Crippen LogP contribution in [0.25, 0.3) is 0 Å². The highest BCUT2D eigenvalue weighted by molar-refractivity contribution is 5.77. The van der Waals surface area contributed by atoms with Gasteiger partial charge in [0.15, 0.2) is 0 Å². The molecule has 5 rings (SSSR count). The molecule has 0 aliphatic carbocycles. The van der Waals surface area contributed by atoms with Crippen molar-refractivity contribution in [2.45, 2.75) is 44.1 Å². The number of hydrogen-bond acceptors (Lipinski definition) is 6. The van der Waals surface area contributed by atoms with Crippen molar-refractivity contribution in [2.24, 2.45) is 0 Å². The Morgan fingerprint density at radius 2 is 2.00 bits per heavy atom.